The number of aromatic amines is 1. The van der Waals surface area contributed by atoms with Crippen molar-refractivity contribution in [2.24, 2.45) is 0 Å². The van der Waals surface area contributed by atoms with E-state index in [1.54, 1.807) is 11.2 Å². The number of furan rings is 1. The fourth-order valence-electron chi connectivity index (χ4n) is 3.53. The van der Waals surface area contributed by atoms with Gasteiger partial charge < -0.3 is 19.6 Å². The quantitative estimate of drug-likeness (QED) is 0.716. The van der Waals surface area contributed by atoms with Crippen molar-refractivity contribution in [2.45, 2.75) is 31.8 Å². The minimum Gasteiger partial charge on any atom is -0.469 e. The van der Waals surface area contributed by atoms with Gasteiger partial charge in [0.05, 0.1) is 6.26 Å². The van der Waals surface area contributed by atoms with E-state index in [4.69, 9.17) is 4.42 Å². The van der Waals surface area contributed by atoms with Crippen molar-refractivity contribution in [3.63, 3.8) is 0 Å². The molecule has 6 nitrogen and oxygen atoms in total. The number of amides is 2. The molecule has 1 aliphatic rings. The van der Waals surface area contributed by atoms with Gasteiger partial charge in [-0.2, -0.15) is 0 Å². The lowest BCUT2D eigenvalue weighted by Crippen LogP contribution is -2.44. The van der Waals surface area contributed by atoms with Gasteiger partial charge in [0, 0.05) is 43.0 Å². The molecule has 1 aliphatic heterocycles. The highest BCUT2D eigenvalue weighted by atomic mass is 16.3. The van der Waals surface area contributed by atoms with E-state index >= 15 is 0 Å². The van der Waals surface area contributed by atoms with Crippen LogP contribution < -0.4 is 5.32 Å². The molecule has 2 N–H and O–H groups in total. The monoisotopic (exact) mass is 351 g/mol. The number of para-hydroxylation sites is 1. The molecule has 6 heteroatoms. The van der Waals surface area contributed by atoms with E-state index in [2.05, 4.69) is 10.3 Å². The molecule has 2 aromatic heterocycles. The lowest BCUT2D eigenvalue weighted by atomic mass is 10.1. The van der Waals surface area contributed by atoms with Gasteiger partial charge in [-0.05, 0) is 30.2 Å². The van der Waals surface area contributed by atoms with Crippen molar-refractivity contribution in [1.82, 2.24) is 15.2 Å². The maximum Gasteiger partial charge on any atom is 0.242 e. The van der Waals surface area contributed by atoms with Crippen LogP contribution in [0.3, 0.4) is 0 Å². The Morgan fingerprint density at radius 2 is 2.15 bits per heavy atom. The predicted molar refractivity (Wildman–Crippen MR) is 97.3 cm³/mol. The molecule has 0 bridgehead atoms. The summed E-state index contributed by atoms with van der Waals surface area (Å²) in [5.41, 5.74) is 2.07. The SMILES string of the molecule is O=C(NCCc1ccco1)C1CCC(=O)N1Cc1c[nH]c2ccccc12. The van der Waals surface area contributed by atoms with Crippen LogP contribution in [0.5, 0.6) is 0 Å². The number of fused-ring (bicyclic) bond motifs is 1. The van der Waals surface area contributed by atoms with E-state index in [1.807, 2.05) is 42.6 Å². The van der Waals surface area contributed by atoms with Gasteiger partial charge in [-0.1, -0.05) is 18.2 Å². The second kappa shape index (κ2) is 7.07. The first kappa shape index (κ1) is 16.4. The van der Waals surface area contributed by atoms with Crippen LogP contribution in [-0.2, 0) is 22.6 Å². The zero-order valence-electron chi connectivity index (χ0n) is 14.4. The van der Waals surface area contributed by atoms with Crippen LogP contribution >= 0.6 is 0 Å². The summed E-state index contributed by atoms with van der Waals surface area (Å²) < 4.78 is 5.27. The van der Waals surface area contributed by atoms with Crippen molar-refractivity contribution in [2.75, 3.05) is 6.54 Å². The van der Waals surface area contributed by atoms with Gasteiger partial charge in [0.2, 0.25) is 11.8 Å². The number of aromatic nitrogens is 1. The van der Waals surface area contributed by atoms with E-state index in [0.29, 0.717) is 32.4 Å². The molecule has 0 spiro atoms. The summed E-state index contributed by atoms with van der Waals surface area (Å²) in [6, 6.07) is 11.3. The number of likely N-dealkylation sites (tertiary alicyclic amines) is 1. The lowest BCUT2D eigenvalue weighted by Gasteiger charge is -2.24. The van der Waals surface area contributed by atoms with Crippen molar-refractivity contribution in [3.05, 3.63) is 60.2 Å². The van der Waals surface area contributed by atoms with Gasteiger partial charge in [0.15, 0.2) is 0 Å². The van der Waals surface area contributed by atoms with E-state index in [-0.39, 0.29) is 11.8 Å². The first-order valence-electron chi connectivity index (χ1n) is 8.87. The third-order valence-electron chi connectivity index (χ3n) is 4.90. The highest BCUT2D eigenvalue weighted by molar-refractivity contribution is 5.91. The molecule has 1 atom stereocenters. The Morgan fingerprint density at radius 3 is 3.00 bits per heavy atom. The number of H-pyrrole nitrogens is 1. The van der Waals surface area contributed by atoms with Crippen molar-refractivity contribution in [3.8, 4) is 0 Å². The third-order valence-corrected chi connectivity index (χ3v) is 4.90. The largest absolute Gasteiger partial charge is 0.469 e. The first-order valence-corrected chi connectivity index (χ1v) is 8.87. The van der Waals surface area contributed by atoms with E-state index in [1.165, 1.54) is 0 Å². The van der Waals surface area contributed by atoms with E-state index in [9.17, 15) is 9.59 Å². The Balaban J connectivity index is 1.42. The average Bonchev–Trinajstić information content (AvgIpc) is 3.37. The Hall–Kier alpha value is -3.02. The molecule has 1 aromatic carbocycles. The smallest absolute Gasteiger partial charge is 0.242 e. The van der Waals surface area contributed by atoms with Crippen LogP contribution in [0, 0.1) is 0 Å². The summed E-state index contributed by atoms with van der Waals surface area (Å²) >= 11 is 0. The molecule has 1 unspecified atom stereocenters. The number of nitrogens with one attached hydrogen (secondary N) is 2. The summed E-state index contributed by atoms with van der Waals surface area (Å²) in [5.74, 6) is 0.771. The van der Waals surface area contributed by atoms with Crippen LogP contribution in [0.25, 0.3) is 10.9 Å². The summed E-state index contributed by atoms with van der Waals surface area (Å²) in [7, 11) is 0. The molecule has 134 valence electrons. The minimum absolute atomic E-state index is 0.0291. The van der Waals surface area contributed by atoms with Crippen molar-refractivity contribution >= 4 is 22.7 Å². The lowest BCUT2D eigenvalue weighted by molar-refractivity contribution is -0.135. The van der Waals surface area contributed by atoms with E-state index < -0.39 is 6.04 Å². The van der Waals surface area contributed by atoms with Gasteiger partial charge in [-0.15, -0.1) is 0 Å². The molecular formula is C20H21N3O3. The van der Waals surface area contributed by atoms with Gasteiger partial charge >= 0.3 is 0 Å². The number of hydrogen-bond acceptors (Lipinski definition) is 3. The number of rotatable bonds is 6. The van der Waals surface area contributed by atoms with Gasteiger partial charge in [0.1, 0.15) is 11.8 Å². The highest BCUT2D eigenvalue weighted by Gasteiger charge is 2.36. The van der Waals surface area contributed by atoms with Crippen LogP contribution in [0.15, 0.2) is 53.3 Å². The summed E-state index contributed by atoms with van der Waals surface area (Å²) in [6.07, 6.45) is 5.16. The Morgan fingerprint density at radius 1 is 1.27 bits per heavy atom. The molecule has 3 aromatic rings. The van der Waals surface area contributed by atoms with Crippen LogP contribution in [-0.4, -0.2) is 34.3 Å². The van der Waals surface area contributed by atoms with Gasteiger partial charge in [-0.3, -0.25) is 9.59 Å². The maximum absolute atomic E-state index is 12.6. The number of carbonyl (C=O) groups is 2. The molecule has 2 amide bonds. The Labute approximate surface area is 151 Å². The normalized spacial score (nSPS) is 17.2. The van der Waals surface area contributed by atoms with Crippen LogP contribution in [0.4, 0.5) is 0 Å². The number of nitrogens with zero attached hydrogens (tertiary/aromatic N) is 1. The molecule has 0 saturated carbocycles. The minimum atomic E-state index is -0.409. The number of benzene rings is 1. The zero-order valence-corrected chi connectivity index (χ0v) is 14.4. The first-order chi connectivity index (χ1) is 12.7. The third kappa shape index (κ3) is 3.22. The second-order valence-electron chi connectivity index (χ2n) is 6.56. The van der Waals surface area contributed by atoms with Gasteiger partial charge in [-0.25, -0.2) is 0 Å². The highest BCUT2D eigenvalue weighted by Crippen LogP contribution is 2.25. The van der Waals surface area contributed by atoms with Crippen LogP contribution in [0.2, 0.25) is 0 Å². The Kier molecular flexibility index (Phi) is 4.48. The maximum atomic E-state index is 12.6. The number of carbonyl (C=O) groups excluding carboxylic acids is 2. The van der Waals surface area contributed by atoms with Crippen molar-refractivity contribution in [1.29, 1.82) is 0 Å². The molecule has 26 heavy (non-hydrogen) atoms. The predicted octanol–water partition coefficient (Wildman–Crippen LogP) is 2.61. The average molecular weight is 351 g/mol. The van der Waals surface area contributed by atoms with Crippen molar-refractivity contribution < 1.29 is 14.0 Å². The molecule has 4 rings (SSSR count). The number of hydrogen-bond donors (Lipinski definition) is 2. The fourth-order valence-corrected chi connectivity index (χ4v) is 3.53. The summed E-state index contributed by atoms with van der Waals surface area (Å²) in [5, 5.41) is 4.02. The summed E-state index contributed by atoms with van der Waals surface area (Å²) in [4.78, 5) is 29.8. The molecule has 0 aliphatic carbocycles. The zero-order chi connectivity index (χ0) is 17.9. The molecular weight excluding hydrogens is 330 g/mol. The van der Waals surface area contributed by atoms with Crippen LogP contribution in [0.1, 0.15) is 24.2 Å². The summed E-state index contributed by atoms with van der Waals surface area (Å²) in [6.45, 7) is 0.942. The van der Waals surface area contributed by atoms with Gasteiger partial charge in [0.25, 0.3) is 0 Å². The molecule has 3 heterocycles. The molecule has 1 saturated heterocycles. The fraction of sp³-hybridized carbons (Fsp3) is 0.300. The molecule has 1 fully saturated rings. The van der Waals surface area contributed by atoms with E-state index in [0.717, 1.165) is 22.2 Å². The molecule has 0 radical (unpaired) electrons. The second-order valence-corrected chi connectivity index (χ2v) is 6.56. The Bertz CT molecular complexity index is 913. The topological polar surface area (TPSA) is 78.3 Å². The standard InChI is InChI=1S/C20H21N3O3/c24-19-8-7-18(20(25)21-10-9-15-4-3-11-26-15)23(19)13-14-12-22-17-6-2-1-5-16(14)17/h1-6,11-12,18,22H,7-10,13H2,(H,21,25).